The second-order valence-corrected chi connectivity index (χ2v) is 9.97. The average Bonchev–Trinajstić information content (AvgIpc) is 3.32. The first-order valence-corrected chi connectivity index (χ1v) is 12.7. The van der Waals surface area contributed by atoms with E-state index in [2.05, 4.69) is 35.7 Å². The number of hydrogen-bond acceptors (Lipinski definition) is 7. The second-order valence-electron chi connectivity index (χ2n) is 8.13. The molecule has 9 nitrogen and oxygen atoms in total. The lowest BCUT2D eigenvalue weighted by Crippen LogP contribution is -2.46. The van der Waals surface area contributed by atoms with Crippen LogP contribution in [0.1, 0.15) is 13.3 Å². The fraction of sp³-hybridized carbons (Fsp3) is 0.348. The molecular weight excluding hydrogens is 476 g/mol. The lowest BCUT2D eigenvalue weighted by Gasteiger charge is -2.35. The molecule has 184 valence electrons. The summed E-state index contributed by atoms with van der Waals surface area (Å²) in [5.41, 5.74) is 0.984. The normalized spacial score (nSPS) is 14.6. The van der Waals surface area contributed by atoms with E-state index in [1.54, 1.807) is 19.3 Å². The molecule has 0 saturated carbocycles. The average molecular weight is 502 g/mol. The van der Waals surface area contributed by atoms with E-state index in [0.717, 1.165) is 48.7 Å². The Bertz CT molecular complexity index is 1350. The molecule has 0 spiro atoms. The van der Waals surface area contributed by atoms with Crippen LogP contribution < -0.4 is 9.62 Å². The van der Waals surface area contributed by atoms with Crippen LogP contribution >= 0.6 is 0 Å². The van der Waals surface area contributed by atoms with Crippen LogP contribution in [0, 0.1) is 24.0 Å². The Morgan fingerprint density at radius 2 is 1.94 bits per heavy atom. The van der Waals surface area contributed by atoms with Crippen molar-refractivity contribution < 1.29 is 17.2 Å². The molecule has 2 aromatic heterocycles. The van der Waals surface area contributed by atoms with Crippen LogP contribution in [-0.4, -0.2) is 71.8 Å². The van der Waals surface area contributed by atoms with Crippen molar-refractivity contribution in [2.45, 2.75) is 13.3 Å². The Hall–Kier alpha value is -3.56. The summed E-state index contributed by atoms with van der Waals surface area (Å²) in [4.78, 5) is 8.66. The summed E-state index contributed by atoms with van der Waals surface area (Å²) in [5, 5.41) is 7.93. The van der Waals surface area contributed by atoms with Crippen LogP contribution in [0.3, 0.4) is 0 Å². The summed E-state index contributed by atoms with van der Waals surface area (Å²) < 4.78 is 56.9. The first-order chi connectivity index (χ1) is 16.8. The molecule has 1 fully saturated rings. The number of pyridine rings is 1. The maximum atomic E-state index is 15.1. The standard InChI is InChI=1S/C23H25F2N7O2S/c1-3-7-30-8-10-31(11-9-30)18-13-17(14-26-15-18)21-16-32(29-27-21)23-19(24)5-6-20(22(23)25)28-35(33,34)12-4-2/h1,5-6,13-16,28H,4,7-12H2,2H3. The number of hydrogen-bond donors (Lipinski definition) is 1. The van der Waals surface area contributed by atoms with Gasteiger partial charge in [-0.2, -0.15) is 0 Å². The van der Waals surface area contributed by atoms with Crippen LogP contribution in [0.2, 0.25) is 0 Å². The number of halogens is 2. The summed E-state index contributed by atoms with van der Waals surface area (Å²) in [7, 11) is -3.76. The minimum Gasteiger partial charge on any atom is -0.368 e. The van der Waals surface area contributed by atoms with Crippen LogP contribution in [0.25, 0.3) is 16.9 Å². The van der Waals surface area contributed by atoms with Gasteiger partial charge in [0.1, 0.15) is 11.4 Å². The van der Waals surface area contributed by atoms with Crippen molar-refractivity contribution in [1.82, 2.24) is 24.9 Å². The molecule has 1 aliphatic rings. The Labute approximate surface area is 202 Å². The van der Waals surface area contributed by atoms with E-state index in [9.17, 15) is 12.8 Å². The highest BCUT2D eigenvalue weighted by Crippen LogP contribution is 2.28. The third-order valence-electron chi connectivity index (χ3n) is 5.60. The number of rotatable bonds is 8. The molecule has 0 radical (unpaired) electrons. The highest BCUT2D eigenvalue weighted by molar-refractivity contribution is 7.92. The summed E-state index contributed by atoms with van der Waals surface area (Å²) >= 11 is 0. The van der Waals surface area contributed by atoms with Gasteiger partial charge in [0.15, 0.2) is 11.6 Å². The number of nitrogens with zero attached hydrogens (tertiary/aromatic N) is 6. The Morgan fingerprint density at radius 1 is 1.17 bits per heavy atom. The summed E-state index contributed by atoms with van der Waals surface area (Å²) in [6.07, 6.45) is 10.5. The quantitative estimate of drug-likeness (QED) is 0.474. The number of nitrogens with one attached hydrogen (secondary N) is 1. The summed E-state index contributed by atoms with van der Waals surface area (Å²) in [5.74, 6) is 0.478. The second kappa shape index (κ2) is 10.4. The SMILES string of the molecule is C#CCN1CCN(c2cncc(-c3cn(-c4c(F)ccc(NS(=O)(=O)CCC)c4F)nn3)c2)CC1. The predicted octanol–water partition coefficient (Wildman–Crippen LogP) is 2.51. The number of terminal acetylenes is 1. The van der Waals surface area contributed by atoms with E-state index in [4.69, 9.17) is 6.42 Å². The van der Waals surface area contributed by atoms with Gasteiger partial charge < -0.3 is 4.90 Å². The third-order valence-corrected chi connectivity index (χ3v) is 7.08. The van der Waals surface area contributed by atoms with Gasteiger partial charge in [0.05, 0.1) is 36.1 Å². The van der Waals surface area contributed by atoms with Crippen LogP contribution in [0.4, 0.5) is 20.2 Å². The van der Waals surface area contributed by atoms with E-state index in [1.165, 1.54) is 6.20 Å². The van der Waals surface area contributed by atoms with Crippen molar-refractivity contribution in [3.05, 3.63) is 48.4 Å². The van der Waals surface area contributed by atoms with Gasteiger partial charge in [-0.1, -0.05) is 18.1 Å². The molecule has 4 rings (SSSR count). The van der Waals surface area contributed by atoms with Gasteiger partial charge in [-0.25, -0.2) is 21.9 Å². The molecule has 1 N–H and O–H groups in total. The molecule has 1 aliphatic heterocycles. The molecule has 0 amide bonds. The van der Waals surface area contributed by atoms with Crippen LogP contribution in [0.15, 0.2) is 36.8 Å². The molecule has 1 saturated heterocycles. The van der Waals surface area contributed by atoms with Gasteiger partial charge in [-0.15, -0.1) is 11.5 Å². The first-order valence-electron chi connectivity index (χ1n) is 11.1. The largest absolute Gasteiger partial charge is 0.368 e. The molecule has 0 atom stereocenters. The van der Waals surface area contributed by atoms with Gasteiger partial charge in [-0.3, -0.25) is 14.6 Å². The topological polar surface area (TPSA) is 96.2 Å². The van der Waals surface area contributed by atoms with E-state index < -0.39 is 27.3 Å². The molecule has 12 heteroatoms. The van der Waals surface area contributed by atoms with Crippen LogP contribution in [0.5, 0.6) is 0 Å². The Morgan fingerprint density at radius 3 is 2.66 bits per heavy atom. The summed E-state index contributed by atoms with van der Waals surface area (Å²) in [6, 6.07) is 3.90. The number of sulfonamides is 1. The lowest BCUT2D eigenvalue weighted by atomic mass is 10.2. The van der Waals surface area contributed by atoms with Crippen LogP contribution in [-0.2, 0) is 10.0 Å². The molecule has 35 heavy (non-hydrogen) atoms. The van der Waals surface area contributed by atoms with Gasteiger partial charge in [0, 0.05) is 37.9 Å². The Kier molecular flexibility index (Phi) is 7.28. The van der Waals surface area contributed by atoms with Crippen molar-refractivity contribution in [3.8, 4) is 29.3 Å². The number of anilines is 2. The predicted molar refractivity (Wildman–Crippen MR) is 130 cm³/mol. The van der Waals surface area contributed by atoms with E-state index in [-0.39, 0.29) is 11.4 Å². The van der Waals surface area contributed by atoms with E-state index in [1.807, 2.05) is 6.07 Å². The minimum absolute atomic E-state index is 0.186. The molecule has 3 aromatic rings. The van der Waals surface area contributed by atoms with Gasteiger partial charge in [0.25, 0.3) is 0 Å². The number of piperazine rings is 1. The first kappa shape index (κ1) is 24.6. The maximum Gasteiger partial charge on any atom is 0.232 e. The molecular formula is C23H25F2N7O2S. The zero-order chi connectivity index (χ0) is 25.0. The number of benzene rings is 1. The fourth-order valence-corrected chi connectivity index (χ4v) is 4.99. The van der Waals surface area contributed by atoms with Crippen molar-refractivity contribution >= 4 is 21.4 Å². The number of aromatic nitrogens is 4. The molecule has 3 heterocycles. The van der Waals surface area contributed by atoms with Gasteiger partial charge in [-0.05, 0) is 24.6 Å². The fourth-order valence-electron chi connectivity index (χ4n) is 3.86. The highest BCUT2D eigenvalue weighted by atomic mass is 32.2. The highest BCUT2D eigenvalue weighted by Gasteiger charge is 2.21. The monoisotopic (exact) mass is 501 g/mol. The van der Waals surface area contributed by atoms with Crippen molar-refractivity contribution in [1.29, 1.82) is 0 Å². The Balaban J connectivity index is 1.58. The van der Waals surface area contributed by atoms with Gasteiger partial charge >= 0.3 is 0 Å². The zero-order valence-corrected chi connectivity index (χ0v) is 20.0. The maximum absolute atomic E-state index is 15.1. The lowest BCUT2D eigenvalue weighted by molar-refractivity contribution is 0.288. The summed E-state index contributed by atoms with van der Waals surface area (Å²) in [6.45, 7) is 5.55. The molecule has 0 unspecified atom stereocenters. The molecule has 1 aromatic carbocycles. The van der Waals surface area contributed by atoms with E-state index in [0.29, 0.717) is 24.2 Å². The van der Waals surface area contributed by atoms with Crippen molar-refractivity contribution in [2.24, 2.45) is 0 Å². The molecule has 0 bridgehead atoms. The smallest absolute Gasteiger partial charge is 0.232 e. The zero-order valence-electron chi connectivity index (χ0n) is 19.2. The van der Waals surface area contributed by atoms with Gasteiger partial charge in [0.2, 0.25) is 10.0 Å². The van der Waals surface area contributed by atoms with Crippen molar-refractivity contribution in [3.63, 3.8) is 0 Å². The molecule has 0 aliphatic carbocycles. The van der Waals surface area contributed by atoms with Crippen molar-refractivity contribution in [2.75, 3.05) is 48.1 Å². The minimum atomic E-state index is -3.76. The third kappa shape index (κ3) is 5.58. The van der Waals surface area contributed by atoms with E-state index >= 15 is 4.39 Å².